The third kappa shape index (κ3) is 1.64. The standard InChI is InChI=1S/C15H19N/c1-11-6-8-12(9-7-11)14-10-16-15-5-3-2-4-13(14)15/h2-5,10-12,16H,6-9H2,1H3. The van der Waals surface area contributed by atoms with Gasteiger partial charge in [0.1, 0.15) is 0 Å². The first-order chi connectivity index (χ1) is 7.84. The Balaban J connectivity index is 1.94. The summed E-state index contributed by atoms with van der Waals surface area (Å²) in [5.74, 6) is 1.72. The molecule has 1 aromatic carbocycles. The molecule has 1 heterocycles. The number of hydrogen-bond donors (Lipinski definition) is 1. The summed E-state index contributed by atoms with van der Waals surface area (Å²) >= 11 is 0. The van der Waals surface area contributed by atoms with Gasteiger partial charge in [-0.15, -0.1) is 0 Å². The second-order valence-corrected chi connectivity index (χ2v) is 5.25. The van der Waals surface area contributed by atoms with Gasteiger partial charge in [-0.2, -0.15) is 0 Å². The SMILES string of the molecule is CC1CCC(c2c[nH]c3ccccc23)CC1. The fraction of sp³-hybridized carbons (Fsp3) is 0.467. The van der Waals surface area contributed by atoms with Crippen molar-refractivity contribution < 1.29 is 0 Å². The Hall–Kier alpha value is -1.24. The van der Waals surface area contributed by atoms with Gasteiger partial charge in [0.25, 0.3) is 0 Å². The second kappa shape index (κ2) is 3.97. The van der Waals surface area contributed by atoms with E-state index in [4.69, 9.17) is 0 Å². The third-order valence-corrected chi connectivity index (χ3v) is 4.08. The van der Waals surface area contributed by atoms with Gasteiger partial charge in [-0.05, 0) is 36.3 Å². The van der Waals surface area contributed by atoms with Crippen LogP contribution in [-0.4, -0.2) is 4.98 Å². The molecule has 0 amide bonds. The fourth-order valence-electron chi connectivity index (χ4n) is 3.00. The number of aromatic nitrogens is 1. The number of rotatable bonds is 1. The van der Waals surface area contributed by atoms with Crippen LogP contribution in [0.4, 0.5) is 0 Å². The Morgan fingerprint density at radius 2 is 1.81 bits per heavy atom. The topological polar surface area (TPSA) is 15.8 Å². The molecule has 1 aliphatic rings. The number of para-hydroxylation sites is 1. The van der Waals surface area contributed by atoms with E-state index in [9.17, 15) is 0 Å². The van der Waals surface area contributed by atoms with Crippen LogP contribution in [-0.2, 0) is 0 Å². The smallest absolute Gasteiger partial charge is 0.0456 e. The van der Waals surface area contributed by atoms with Gasteiger partial charge < -0.3 is 4.98 Å². The lowest BCUT2D eigenvalue weighted by atomic mass is 9.79. The summed E-state index contributed by atoms with van der Waals surface area (Å²) in [7, 11) is 0. The highest BCUT2D eigenvalue weighted by Crippen LogP contribution is 2.38. The minimum absolute atomic E-state index is 0.785. The van der Waals surface area contributed by atoms with E-state index < -0.39 is 0 Å². The summed E-state index contributed by atoms with van der Waals surface area (Å²) in [5, 5.41) is 1.43. The third-order valence-electron chi connectivity index (χ3n) is 4.08. The van der Waals surface area contributed by atoms with Gasteiger partial charge in [0.2, 0.25) is 0 Å². The van der Waals surface area contributed by atoms with E-state index in [-0.39, 0.29) is 0 Å². The van der Waals surface area contributed by atoms with Crippen molar-refractivity contribution in [2.24, 2.45) is 5.92 Å². The molecule has 16 heavy (non-hydrogen) atoms. The number of aromatic amines is 1. The van der Waals surface area contributed by atoms with Gasteiger partial charge in [0.05, 0.1) is 0 Å². The van der Waals surface area contributed by atoms with Crippen LogP contribution in [0.5, 0.6) is 0 Å². The average molecular weight is 213 g/mol. The monoisotopic (exact) mass is 213 g/mol. The zero-order valence-corrected chi connectivity index (χ0v) is 9.87. The van der Waals surface area contributed by atoms with Crippen LogP contribution in [0.1, 0.15) is 44.1 Å². The average Bonchev–Trinajstić information content (AvgIpc) is 2.74. The molecule has 1 fully saturated rings. The molecule has 0 aliphatic heterocycles. The van der Waals surface area contributed by atoms with Gasteiger partial charge in [0.15, 0.2) is 0 Å². The predicted molar refractivity (Wildman–Crippen MR) is 68.7 cm³/mol. The predicted octanol–water partition coefficient (Wildman–Crippen LogP) is 4.46. The van der Waals surface area contributed by atoms with Crippen LogP contribution in [0.2, 0.25) is 0 Å². The van der Waals surface area contributed by atoms with E-state index >= 15 is 0 Å². The van der Waals surface area contributed by atoms with E-state index in [0.717, 1.165) is 11.8 Å². The maximum atomic E-state index is 3.40. The number of hydrogen-bond acceptors (Lipinski definition) is 0. The second-order valence-electron chi connectivity index (χ2n) is 5.25. The van der Waals surface area contributed by atoms with E-state index in [2.05, 4.69) is 42.4 Å². The number of H-pyrrole nitrogens is 1. The van der Waals surface area contributed by atoms with E-state index in [0.29, 0.717) is 0 Å². The van der Waals surface area contributed by atoms with Crippen molar-refractivity contribution in [1.82, 2.24) is 4.98 Å². The molecule has 1 saturated carbocycles. The number of fused-ring (bicyclic) bond motifs is 1. The highest BCUT2D eigenvalue weighted by atomic mass is 14.7. The molecule has 0 unspecified atom stereocenters. The lowest BCUT2D eigenvalue weighted by molar-refractivity contribution is 0.349. The first-order valence-electron chi connectivity index (χ1n) is 6.40. The maximum absolute atomic E-state index is 3.40. The van der Waals surface area contributed by atoms with E-state index in [1.54, 1.807) is 5.56 Å². The van der Waals surface area contributed by atoms with Crippen LogP contribution >= 0.6 is 0 Å². The van der Waals surface area contributed by atoms with Gasteiger partial charge >= 0.3 is 0 Å². The normalized spacial score (nSPS) is 26.1. The van der Waals surface area contributed by atoms with E-state index in [1.807, 2.05) is 0 Å². The van der Waals surface area contributed by atoms with Crippen LogP contribution in [0.15, 0.2) is 30.5 Å². The van der Waals surface area contributed by atoms with Crippen molar-refractivity contribution in [2.45, 2.75) is 38.5 Å². The number of benzene rings is 1. The summed E-state index contributed by atoms with van der Waals surface area (Å²) in [6, 6.07) is 8.67. The highest BCUT2D eigenvalue weighted by Gasteiger charge is 2.21. The molecule has 1 aromatic heterocycles. The number of nitrogens with one attached hydrogen (secondary N) is 1. The van der Waals surface area contributed by atoms with Crippen LogP contribution < -0.4 is 0 Å². The Morgan fingerprint density at radius 3 is 2.62 bits per heavy atom. The van der Waals surface area contributed by atoms with Gasteiger partial charge in [0, 0.05) is 17.1 Å². The van der Waals surface area contributed by atoms with Crippen molar-refractivity contribution in [1.29, 1.82) is 0 Å². The largest absolute Gasteiger partial charge is 0.361 e. The van der Waals surface area contributed by atoms with Crippen molar-refractivity contribution in [3.63, 3.8) is 0 Å². The molecule has 0 radical (unpaired) electrons. The Kier molecular flexibility index (Phi) is 2.47. The Labute approximate surface area is 96.9 Å². The summed E-state index contributed by atoms with van der Waals surface area (Å²) < 4.78 is 0. The van der Waals surface area contributed by atoms with Crippen LogP contribution in [0.25, 0.3) is 10.9 Å². The first-order valence-corrected chi connectivity index (χ1v) is 6.40. The Morgan fingerprint density at radius 1 is 1.06 bits per heavy atom. The van der Waals surface area contributed by atoms with Crippen LogP contribution in [0.3, 0.4) is 0 Å². The molecule has 1 heteroatoms. The molecular formula is C15H19N. The molecule has 84 valence electrons. The first kappa shape index (κ1) is 9.95. The summed E-state index contributed by atoms with van der Waals surface area (Å²) in [5.41, 5.74) is 2.83. The zero-order chi connectivity index (χ0) is 11.0. The summed E-state index contributed by atoms with van der Waals surface area (Å²) in [6.45, 7) is 2.38. The van der Waals surface area contributed by atoms with Crippen molar-refractivity contribution in [2.75, 3.05) is 0 Å². The molecule has 0 bridgehead atoms. The maximum Gasteiger partial charge on any atom is 0.0456 e. The molecule has 0 spiro atoms. The van der Waals surface area contributed by atoms with Crippen molar-refractivity contribution >= 4 is 10.9 Å². The van der Waals surface area contributed by atoms with Gasteiger partial charge in [-0.3, -0.25) is 0 Å². The molecule has 1 N–H and O–H groups in total. The highest BCUT2D eigenvalue weighted by molar-refractivity contribution is 5.83. The molecule has 2 aromatic rings. The zero-order valence-electron chi connectivity index (χ0n) is 9.87. The van der Waals surface area contributed by atoms with Gasteiger partial charge in [-0.25, -0.2) is 0 Å². The lowest BCUT2D eigenvalue weighted by Gasteiger charge is -2.25. The molecule has 0 atom stereocenters. The summed E-state index contributed by atoms with van der Waals surface area (Å²) in [6.07, 6.45) is 7.74. The van der Waals surface area contributed by atoms with Crippen molar-refractivity contribution in [3.05, 3.63) is 36.0 Å². The minimum atomic E-state index is 0.785. The Bertz CT molecular complexity index is 475. The molecule has 1 nitrogen and oxygen atoms in total. The summed E-state index contributed by atoms with van der Waals surface area (Å²) in [4.78, 5) is 3.40. The molecular weight excluding hydrogens is 194 g/mol. The lowest BCUT2D eigenvalue weighted by Crippen LogP contribution is -2.10. The fourth-order valence-corrected chi connectivity index (χ4v) is 3.00. The van der Waals surface area contributed by atoms with Crippen molar-refractivity contribution in [3.8, 4) is 0 Å². The van der Waals surface area contributed by atoms with E-state index in [1.165, 1.54) is 36.6 Å². The van der Waals surface area contributed by atoms with Gasteiger partial charge in [-0.1, -0.05) is 38.0 Å². The quantitative estimate of drug-likeness (QED) is 0.719. The van der Waals surface area contributed by atoms with Crippen LogP contribution in [0, 0.1) is 5.92 Å². The molecule has 1 aliphatic carbocycles. The minimum Gasteiger partial charge on any atom is -0.361 e. The molecule has 0 saturated heterocycles. The molecule has 3 rings (SSSR count).